The highest BCUT2D eigenvalue weighted by atomic mass is 16.5. The van der Waals surface area contributed by atoms with E-state index in [0.717, 1.165) is 6.54 Å². The SMILES string of the molecule is CNCC(OCCOCCOC)c1ccccc1. The van der Waals surface area contributed by atoms with E-state index in [1.54, 1.807) is 7.11 Å². The summed E-state index contributed by atoms with van der Waals surface area (Å²) in [6.07, 6.45) is 0.0715. The molecule has 0 amide bonds. The van der Waals surface area contributed by atoms with Crippen molar-refractivity contribution >= 4 is 0 Å². The third kappa shape index (κ3) is 6.12. The van der Waals surface area contributed by atoms with Gasteiger partial charge in [-0.05, 0) is 12.6 Å². The van der Waals surface area contributed by atoms with Crippen molar-refractivity contribution in [3.05, 3.63) is 35.9 Å². The molecule has 0 radical (unpaired) electrons. The van der Waals surface area contributed by atoms with Crippen molar-refractivity contribution in [2.45, 2.75) is 6.10 Å². The van der Waals surface area contributed by atoms with Gasteiger partial charge in [-0.1, -0.05) is 30.3 Å². The number of hydrogen-bond donors (Lipinski definition) is 1. The van der Waals surface area contributed by atoms with E-state index in [-0.39, 0.29) is 6.10 Å². The lowest BCUT2D eigenvalue weighted by atomic mass is 10.1. The van der Waals surface area contributed by atoms with Gasteiger partial charge >= 0.3 is 0 Å². The Morgan fingerprint density at radius 1 is 1.06 bits per heavy atom. The first-order valence-electron chi connectivity index (χ1n) is 6.26. The highest BCUT2D eigenvalue weighted by molar-refractivity contribution is 5.17. The Morgan fingerprint density at radius 2 is 1.78 bits per heavy atom. The van der Waals surface area contributed by atoms with E-state index >= 15 is 0 Å². The van der Waals surface area contributed by atoms with Crippen LogP contribution >= 0.6 is 0 Å². The van der Waals surface area contributed by atoms with Gasteiger partial charge in [-0.3, -0.25) is 0 Å². The van der Waals surface area contributed by atoms with Gasteiger partial charge in [0.2, 0.25) is 0 Å². The number of nitrogens with one attached hydrogen (secondary N) is 1. The summed E-state index contributed by atoms with van der Waals surface area (Å²) in [7, 11) is 3.59. The zero-order valence-electron chi connectivity index (χ0n) is 11.2. The van der Waals surface area contributed by atoms with Gasteiger partial charge in [0.15, 0.2) is 0 Å². The fourth-order valence-corrected chi connectivity index (χ4v) is 1.62. The van der Waals surface area contributed by atoms with Gasteiger partial charge in [-0.15, -0.1) is 0 Å². The second kappa shape index (κ2) is 10.0. The summed E-state index contributed by atoms with van der Waals surface area (Å²) in [5.41, 5.74) is 1.18. The van der Waals surface area contributed by atoms with Crippen LogP contribution in [0.4, 0.5) is 0 Å². The monoisotopic (exact) mass is 253 g/mol. The largest absolute Gasteiger partial charge is 0.382 e. The number of rotatable bonds is 10. The molecule has 0 saturated heterocycles. The first kappa shape index (κ1) is 15.1. The Morgan fingerprint density at radius 3 is 2.44 bits per heavy atom. The highest BCUT2D eigenvalue weighted by Crippen LogP contribution is 2.15. The zero-order chi connectivity index (χ0) is 13.1. The molecule has 0 aliphatic heterocycles. The molecule has 102 valence electrons. The zero-order valence-corrected chi connectivity index (χ0v) is 11.2. The molecule has 1 aromatic rings. The van der Waals surface area contributed by atoms with Gasteiger partial charge < -0.3 is 19.5 Å². The van der Waals surface area contributed by atoms with E-state index in [0.29, 0.717) is 26.4 Å². The molecule has 0 aromatic heterocycles. The van der Waals surface area contributed by atoms with Crippen LogP contribution in [0.15, 0.2) is 30.3 Å². The Balaban J connectivity index is 2.26. The Kier molecular flexibility index (Phi) is 8.42. The van der Waals surface area contributed by atoms with E-state index in [4.69, 9.17) is 14.2 Å². The minimum Gasteiger partial charge on any atom is -0.382 e. The maximum absolute atomic E-state index is 5.82. The van der Waals surface area contributed by atoms with Crippen LogP contribution in [0.25, 0.3) is 0 Å². The molecular formula is C14H23NO3. The fraction of sp³-hybridized carbons (Fsp3) is 0.571. The van der Waals surface area contributed by atoms with Crippen LogP contribution in [-0.2, 0) is 14.2 Å². The Hall–Kier alpha value is -0.940. The molecule has 1 unspecified atom stereocenters. The van der Waals surface area contributed by atoms with Gasteiger partial charge in [0.05, 0.1) is 32.5 Å². The average molecular weight is 253 g/mol. The topological polar surface area (TPSA) is 39.7 Å². The minimum absolute atomic E-state index is 0.0715. The molecule has 0 heterocycles. The second-order valence-electron chi connectivity index (χ2n) is 3.93. The predicted molar refractivity (Wildman–Crippen MR) is 71.8 cm³/mol. The van der Waals surface area contributed by atoms with Crippen LogP contribution in [-0.4, -0.2) is 47.1 Å². The van der Waals surface area contributed by atoms with Gasteiger partial charge in [-0.2, -0.15) is 0 Å². The normalized spacial score (nSPS) is 12.6. The quantitative estimate of drug-likeness (QED) is 0.643. The minimum atomic E-state index is 0.0715. The summed E-state index contributed by atoms with van der Waals surface area (Å²) in [5.74, 6) is 0. The van der Waals surface area contributed by atoms with Crippen molar-refractivity contribution in [3.8, 4) is 0 Å². The summed E-state index contributed by atoms with van der Waals surface area (Å²) in [6.45, 7) is 3.21. The lowest BCUT2D eigenvalue weighted by molar-refractivity contribution is -0.00631. The van der Waals surface area contributed by atoms with E-state index in [9.17, 15) is 0 Å². The molecule has 1 rings (SSSR count). The Bertz CT molecular complexity index is 292. The summed E-state index contributed by atoms with van der Waals surface area (Å²) < 4.78 is 16.1. The van der Waals surface area contributed by atoms with Crippen LogP contribution < -0.4 is 5.32 Å². The van der Waals surface area contributed by atoms with Gasteiger partial charge in [0.1, 0.15) is 0 Å². The first-order valence-corrected chi connectivity index (χ1v) is 6.26. The lowest BCUT2D eigenvalue weighted by Crippen LogP contribution is -2.21. The molecule has 0 fully saturated rings. The molecule has 0 aliphatic rings. The molecule has 1 atom stereocenters. The number of methoxy groups -OCH3 is 1. The number of benzene rings is 1. The van der Waals surface area contributed by atoms with Gasteiger partial charge in [-0.25, -0.2) is 0 Å². The summed E-state index contributed by atoms with van der Waals surface area (Å²) in [5, 5.41) is 3.14. The van der Waals surface area contributed by atoms with Crippen LogP contribution in [0.3, 0.4) is 0 Å². The summed E-state index contributed by atoms with van der Waals surface area (Å²) in [6, 6.07) is 10.2. The van der Waals surface area contributed by atoms with Crippen molar-refractivity contribution < 1.29 is 14.2 Å². The van der Waals surface area contributed by atoms with Crippen molar-refractivity contribution in [1.82, 2.24) is 5.32 Å². The van der Waals surface area contributed by atoms with Crippen molar-refractivity contribution in [2.24, 2.45) is 0 Å². The predicted octanol–water partition coefficient (Wildman–Crippen LogP) is 1.63. The molecule has 4 heteroatoms. The van der Waals surface area contributed by atoms with Gasteiger partial charge in [0, 0.05) is 13.7 Å². The number of likely N-dealkylation sites (N-methyl/N-ethyl adjacent to an activating group) is 1. The van der Waals surface area contributed by atoms with Crippen molar-refractivity contribution in [1.29, 1.82) is 0 Å². The summed E-state index contributed by atoms with van der Waals surface area (Å²) in [4.78, 5) is 0. The fourth-order valence-electron chi connectivity index (χ4n) is 1.62. The summed E-state index contributed by atoms with van der Waals surface area (Å²) >= 11 is 0. The molecule has 4 nitrogen and oxygen atoms in total. The van der Waals surface area contributed by atoms with E-state index in [2.05, 4.69) is 17.4 Å². The molecule has 0 aliphatic carbocycles. The Labute approximate surface area is 109 Å². The highest BCUT2D eigenvalue weighted by Gasteiger charge is 2.10. The van der Waals surface area contributed by atoms with E-state index in [1.807, 2.05) is 25.2 Å². The smallest absolute Gasteiger partial charge is 0.0950 e. The number of hydrogen-bond acceptors (Lipinski definition) is 4. The molecule has 0 spiro atoms. The molecule has 0 bridgehead atoms. The third-order valence-electron chi connectivity index (χ3n) is 2.54. The molecular weight excluding hydrogens is 230 g/mol. The molecule has 18 heavy (non-hydrogen) atoms. The van der Waals surface area contributed by atoms with Crippen LogP contribution in [0, 0.1) is 0 Å². The second-order valence-corrected chi connectivity index (χ2v) is 3.93. The molecule has 1 aromatic carbocycles. The maximum atomic E-state index is 5.82. The third-order valence-corrected chi connectivity index (χ3v) is 2.54. The van der Waals surface area contributed by atoms with E-state index < -0.39 is 0 Å². The van der Waals surface area contributed by atoms with Crippen LogP contribution in [0.1, 0.15) is 11.7 Å². The van der Waals surface area contributed by atoms with Crippen molar-refractivity contribution in [3.63, 3.8) is 0 Å². The first-order chi connectivity index (χ1) is 8.88. The van der Waals surface area contributed by atoms with Gasteiger partial charge in [0.25, 0.3) is 0 Å². The van der Waals surface area contributed by atoms with Crippen LogP contribution in [0.5, 0.6) is 0 Å². The standard InChI is InChI=1S/C14H23NO3/c1-15-12-14(13-6-4-3-5-7-13)18-11-10-17-9-8-16-2/h3-7,14-15H,8-12H2,1-2H3. The van der Waals surface area contributed by atoms with Crippen LogP contribution in [0.2, 0.25) is 0 Å². The lowest BCUT2D eigenvalue weighted by Gasteiger charge is -2.18. The van der Waals surface area contributed by atoms with Crippen molar-refractivity contribution in [2.75, 3.05) is 47.1 Å². The number of ether oxygens (including phenoxy) is 3. The maximum Gasteiger partial charge on any atom is 0.0950 e. The molecule has 0 saturated carbocycles. The van der Waals surface area contributed by atoms with E-state index in [1.165, 1.54) is 5.56 Å². The molecule has 1 N–H and O–H groups in total. The average Bonchev–Trinajstić information content (AvgIpc) is 2.42.